The number of phenols is 1. The maximum Gasteiger partial charge on any atom is 0.259 e. The zero-order valence-electron chi connectivity index (χ0n) is 21.3. The maximum atomic E-state index is 13.5. The maximum absolute atomic E-state index is 13.5. The Morgan fingerprint density at radius 3 is 2.51 bits per heavy atom. The van der Waals surface area contributed by atoms with E-state index in [4.69, 9.17) is 10.5 Å². The second-order valence-corrected chi connectivity index (χ2v) is 9.30. The lowest BCUT2D eigenvalue weighted by Gasteiger charge is -2.13. The van der Waals surface area contributed by atoms with Crippen LogP contribution < -0.4 is 15.8 Å². The average molecular weight is 516 g/mol. The van der Waals surface area contributed by atoms with Crippen LogP contribution in [0.1, 0.15) is 15.9 Å². The Morgan fingerprint density at radius 2 is 1.74 bits per heavy atom. The molecule has 6 rings (SSSR count). The van der Waals surface area contributed by atoms with E-state index in [0.717, 1.165) is 32.8 Å². The minimum absolute atomic E-state index is 0.0828. The van der Waals surface area contributed by atoms with E-state index in [0.29, 0.717) is 28.2 Å². The second kappa shape index (κ2) is 9.50. The van der Waals surface area contributed by atoms with Gasteiger partial charge in [-0.15, -0.1) is 5.11 Å². The number of anilines is 2. The average Bonchev–Trinajstić information content (AvgIpc) is 3.33. The summed E-state index contributed by atoms with van der Waals surface area (Å²) in [6.07, 6.45) is 0. The number of azo groups is 1. The van der Waals surface area contributed by atoms with Gasteiger partial charge in [-0.3, -0.25) is 4.79 Å². The smallest absolute Gasteiger partial charge is 0.259 e. The quantitative estimate of drug-likeness (QED) is 0.138. The first-order valence-electron chi connectivity index (χ1n) is 12.4. The number of amides is 1. The van der Waals surface area contributed by atoms with E-state index >= 15 is 0 Å². The number of methoxy groups -OCH3 is 1. The Morgan fingerprint density at radius 1 is 0.949 bits per heavy atom. The molecule has 6 aromatic rings. The summed E-state index contributed by atoms with van der Waals surface area (Å²) in [6, 6.07) is 25.9. The number of ether oxygens (including phenoxy) is 1. The first-order chi connectivity index (χ1) is 18.9. The van der Waals surface area contributed by atoms with Crippen LogP contribution in [0.5, 0.6) is 11.5 Å². The number of nitrogen functional groups attached to an aromatic ring is 1. The van der Waals surface area contributed by atoms with Gasteiger partial charge in [-0.05, 0) is 72.5 Å². The number of aryl methyl sites for hydroxylation is 1. The van der Waals surface area contributed by atoms with Crippen LogP contribution in [0.2, 0.25) is 0 Å². The molecule has 1 heterocycles. The minimum atomic E-state index is -0.469. The number of phenolic OH excluding ortho intramolecular Hbond substituents is 1. The summed E-state index contributed by atoms with van der Waals surface area (Å²) in [6.45, 7) is 1.87. The highest BCUT2D eigenvalue weighted by molar-refractivity contribution is 6.22. The van der Waals surface area contributed by atoms with Crippen LogP contribution in [-0.2, 0) is 0 Å². The molecule has 0 saturated heterocycles. The predicted octanol–water partition coefficient (Wildman–Crippen LogP) is 7.75. The van der Waals surface area contributed by atoms with Gasteiger partial charge in [-0.25, -0.2) is 0 Å². The van der Waals surface area contributed by atoms with E-state index in [9.17, 15) is 9.90 Å². The number of fused-ring (bicyclic) bond motifs is 5. The summed E-state index contributed by atoms with van der Waals surface area (Å²) in [4.78, 5) is 16.9. The Labute approximate surface area is 223 Å². The van der Waals surface area contributed by atoms with Crippen molar-refractivity contribution in [2.45, 2.75) is 6.92 Å². The van der Waals surface area contributed by atoms with Crippen molar-refractivity contribution < 1.29 is 14.6 Å². The number of benzene rings is 5. The molecule has 0 fully saturated rings. The standard InChI is InChI=1S/C31H25N5O3/c1-17-15-21(39-2)12-14-25(17)34-31(38)24-16-18-7-13-23-22-5-3-4-6-26(22)33-28(23)27(18)29(30(24)37)36-35-20-10-8-19(32)9-11-20/h3-16,33,37H,32H2,1-2H3,(H,34,38). The molecule has 1 amide bonds. The van der Waals surface area contributed by atoms with E-state index in [1.807, 2.05) is 49.4 Å². The normalized spacial score (nSPS) is 11.5. The van der Waals surface area contributed by atoms with Crippen LogP contribution in [0.3, 0.4) is 0 Å². The third-order valence-corrected chi connectivity index (χ3v) is 6.82. The van der Waals surface area contributed by atoms with Crippen LogP contribution in [0.4, 0.5) is 22.7 Å². The number of rotatable bonds is 5. The molecule has 5 aromatic carbocycles. The highest BCUT2D eigenvalue weighted by Crippen LogP contribution is 2.44. The van der Waals surface area contributed by atoms with Crippen molar-refractivity contribution in [3.05, 3.63) is 96.1 Å². The van der Waals surface area contributed by atoms with Crippen molar-refractivity contribution in [1.29, 1.82) is 0 Å². The number of H-pyrrole nitrogens is 1. The predicted molar refractivity (Wildman–Crippen MR) is 156 cm³/mol. The number of hydrogen-bond acceptors (Lipinski definition) is 6. The van der Waals surface area contributed by atoms with Crippen molar-refractivity contribution in [2.75, 3.05) is 18.2 Å². The molecule has 8 heteroatoms. The highest BCUT2D eigenvalue weighted by Gasteiger charge is 2.22. The van der Waals surface area contributed by atoms with Crippen molar-refractivity contribution in [1.82, 2.24) is 4.98 Å². The number of aromatic nitrogens is 1. The monoisotopic (exact) mass is 515 g/mol. The van der Waals surface area contributed by atoms with Crippen molar-refractivity contribution >= 4 is 61.2 Å². The zero-order chi connectivity index (χ0) is 27.1. The van der Waals surface area contributed by atoms with Gasteiger partial charge in [0.15, 0.2) is 5.75 Å². The molecule has 0 saturated carbocycles. The van der Waals surface area contributed by atoms with Gasteiger partial charge in [0.1, 0.15) is 11.4 Å². The van der Waals surface area contributed by atoms with Gasteiger partial charge in [0.2, 0.25) is 0 Å². The fraction of sp³-hybridized carbons (Fsp3) is 0.0645. The number of nitrogens with zero attached hydrogens (tertiary/aromatic N) is 2. The van der Waals surface area contributed by atoms with E-state index in [2.05, 4.69) is 20.5 Å². The third-order valence-electron chi connectivity index (χ3n) is 6.82. The van der Waals surface area contributed by atoms with E-state index in [-0.39, 0.29) is 17.0 Å². The lowest BCUT2D eigenvalue weighted by atomic mass is 10.00. The van der Waals surface area contributed by atoms with Gasteiger partial charge in [-0.2, -0.15) is 5.11 Å². The molecule has 0 aliphatic carbocycles. The lowest BCUT2D eigenvalue weighted by Crippen LogP contribution is -2.13. The van der Waals surface area contributed by atoms with Gasteiger partial charge in [0.25, 0.3) is 5.91 Å². The topological polar surface area (TPSA) is 125 Å². The highest BCUT2D eigenvalue weighted by atomic mass is 16.5. The molecule has 0 radical (unpaired) electrons. The summed E-state index contributed by atoms with van der Waals surface area (Å²) < 4.78 is 5.26. The van der Waals surface area contributed by atoms with Crippen molar-refractivity contribution in [3.8, 4) is 11.5 Å². The van der Waals surface area contributed by atoms with Crippen LogP contribution in [0.25, 0.3) is 32.6 Å². The largest absolute Gasteiger partial charge is 0.505 e. The first-order valence-corrected chi connectivity index (χ1v) is 12.4. The van der Waals surface area contributed by atoms with Crippen LogP contribution in [-0.4, -0.2) is 23.1 Å². The summed E-state index contributed by atoms with van der Waals surface area (Å²) in [5.41, 5.74) is 10.4. The first kappa shape index (κ1) is 24.0. The zero-order valence-corrected chi connectivity index (χ0v) is 21.3. The van der Waals surface area contributed by atoms with Gasteiger partial charge >= 0.3 is 0 Å². The van der Waals surface area contributed by atoms with Crippen molar-refractivity contribution in [3.63, 3.8) is 0 Å². The number of carbonyl (C=O) groups excluding carboxylic acids is 1. The number of nitrogens with one attached hydrogen (secondary N) is 2. The molecule has 39 heavy (non-hydrogen) atoms. The van der Waals surface area contributed by atoms with Gasteiger partial charge in [0, 0.05) is 33.1 Å². The molecule has 8 nitrogen and oxygen atoms in total. The molecule has 0 unspecified atom stereocenters. The van der Waals surface area contributed by atoms with Crippen LogP contribution in [0, 0.1) is 6.92 Å². The Kier molecular flexibility index (Phi) is 5.84. The van der Waals surface area contributed by atoms with E-state index in [1.165, 1.54) is 0 Å². The lowest BCUT2D eigenvalue weighted by molar-refractivity contribution is 0.102. The molecule has 5 N–H and O–H groups in total. The van der Waals surface area contributed by atoms with Crippen LogP contribution >= 0.6 is 0 Å². The molecule has 0 aliphatic rings. The molecule has 1 aromatic heterocycles. The second-order valence-electron chi connectivity index (χ2n) is 9.30. The molecular weight excluding hydrogens is 490 g/mol. The summed E-state index contributed by atoms with van der Waals surface area (Å²) in [5.74, 6) is -0.0494. The number of aromatic hydroxyl groups is 1. The fourth-order valence-electron chi connectivity index (χ4n) is 4.79. The Hall–Kier alpha value is -5.37. The van der Waals surface area contributed by atoms with E-state index < -0.39 is 5.91 Å². The van der Waals surface area contributed by atoms with E-state index in [1.54, 1.807) is 49.6 Å². The summed E-state index contributed by atoms with van der Waals surface area (Å²) in [7, 11) is 1.59. The SMILES string of the molecule is COc1ccc(NC(=O)c2cc3ccc4c5ccccc5[nH]c4c3c(N=Nc3ccc(N)cc3)c2O)c(C)c1. The fourth-order valence-corrected chi connectivity index (χ4v) is 4.79. The molecule has 0 aliphatic heterocycles. The molecule has 0 spiro atoms. The number of para-hydroxylation sites is 1. The van der Waals surface area contributed by atoms with Crippen molar-refractivity contribution in [2.24, 2.45) is 10.2 Å². The Bertz CT molecular complexity index is 1920. The number of aromatic amines is 1. The molecule has 0 bridgehead atoms. The van der Waals surface area contributed by atoms with Crippen LogP contribution in [0.15, 0.2) is 95.2 Å². The van der Waals surface area contributed by atoms with Gasteiger partial charge < -0.3 is 25.9 Å². The van der Waals surface area contributed by atoms with Gasteiger partial charge in [0.05, 0.1) is 23.9 Å². The van der Waals surface area contributed by atoms with Gasteiger partial charge in [-0.1, -0.05) is 30.3 Å². The molecule has 0 atom stereocenters. The summed E-state index contributed by atoms with van der Waals surface area (Å²) in [5, 5.41) is 26.6. The number of nitrogens with two attached hydrogens (primary N) is 1. The third kappa shape index (κ3) is 4.27. The molecular formula is C31H25N5O3. The Balaban J connectivity index is 1.54. The summed E-state index contributed by atoms with van der Waals surface area (Å²) >= 11 is 0. The minimum Gasteiger partial charge on any atom is -0.505 e. The molecule has 192 valence electrons. The number of hydrogen-bond donors (Lipinski definition) is 4. The number of carbonyl (C=O) groups is 1.